The van der Waals surface area contributed by atoms with E-state index in [1.807, 2.05) is 72.8 Å². The smallest absolute Gasteiger partial charge is 0.409 e. The van der Waals surface area contributed by atoms with Crippen LogP contribution < -0.4 is 10.1 Å². The van der Waals surface area contributed by atoms with Crippen LogP contribution in [0.3, 0.4) is 0 Å². The van der Waals surface area contributed by atoms with Crippen LogP contribution in [0.5, 0.6) is 5.75 Å². The molecular formula is C25H19NO2S2. The Kier molecular flexibility index (Phi) is 6.75. The Morgan fingerprint density at radius 2 is 1.23 bits per heavy atom. The highest BCUT2D eigenvalue weighted by Crippen LogP contribution is 2.37. The molecule has 0 unspecified atom stereocenters. The highest BCUT2D eigenvalue weighted by molar-refractivity contribution is 8.00. The van der Waals surface area contributed by atoms with Crippen molar-refractivity contribution in [2.75, 3.05) is 5.32 Å². The molecule has 0 heterocycles. The van der Waals surface area contributed by atoms with E-state index in [1.165, 1.54) is 4.90 Å². The molecule has 1 N–H and O–H groups in total. The zero-order valence-corrected chi connectivity index (χ0v) is 17.7. The van der Waals surface area contributed by atoms with Crippen LogP contribution in [0.4, 0.5) is 10.5 Å². The first-order chi connectivity index (χ1) is 14.8. The van der Waals surface area contributed by atoms with Gasteiger partial charge in [-0.15, -0.1) is 0 Å². The summed E-state index contributed by atoms with van der Waals surface area (Å²) in [5, 5.41) is 2.74. The second-order valence-corrected chi connectivity index (χ2v) is 8.58. The maximum atomic E-state index is 12.3. The molecule has 0 aliphatic rings. The van der Waals surface area contributed by atoms with E-state index in [0.717, 1.165) is 14.7 Å². The molecule has 30 heavy (non-hydrogen) atoms. The molecule has 4 aromatic carbocycles. The van der Waals surface area contributed by atoms with E-state index >= 15 is 0 Å². The minimum Gasteiger partial charge on any atom is -0.409 e. The van der Waals surface area contributed by atoms with Crippen LogP contribution in [-0.2, 0) is 0 Å². The third-order valence-corrected chi connectivity index (χ3v) is 6.13. The van der Waals surface area contributed by atoms with Crippen molar-refractivity contribution in [1.29, 1.82) is 0 Å². The number of carbonyl (C=O) groups excluding carboxylic acids is 1. The predicted molar refractivity (Wildman–Crippen MR) is 124 cm³/mol. The summed E-state index contributed by atoms with van der Waals surface area (Å²) >= 11 is 3.29. The van der Waals surface area contributed by atoms with Gasteiger partial charge in [-0.2, -0.15) is 0 Å². The van der Waals surface area contributed by atoms with Crippen molar-refractivity contribution in [2.24, 2.45) is 0 Å². The van der Waals surface area contributed by atoms with Crippen molar-refractivity contribution in [2.45, 2.75) is 19.6 Å². The molecule has 0 atom stereocenters. The molecule has 1 amide bonds. The van der Waals surface area contributed by atoms with Gasteiger partial charge in [0.1, 0.15) is 5.75 Å². The molecule has 0 spiro atoms. The number of para-hydroxylation sites is 2. The number of benzene rings is 4. The Hall–Kier alpha value is -3.15. The number of anilines is 1. The summed E-state index contributed by atoms with van der Waals surface area (Å²) in [4.78, 5) is 16.6. The molecule has 0 saturated carbocycles. The second-order valence-electron chi connectivity index (χ2n) is 6.32. The van der Waals surface area contributed by atoms with Crippen LogP contribution in [0.15, 0.2) is 129 Å². The first kappa shape index (κ1) is 20.1. The molecule has 4 aromatic rings. The lowest BCUT2D eigenvalue weighted by Crippen LogP contribution is -2.16. The lowest BCUT2D eigenvalue weighted by atomic mass is 10.3. The fourth-order valence-electron chi connectivity index (χ4n) is 2.74. The summed E-state index contributed by atoms with van der Waals surface area (Å²) in [6, 6.07) is 35.4. The average molecular weight is 430 g/mol. The molecule has 0 radical (unpaired) electrons. The molecule has 5 heteroatoms. The van der Waals surface area contributed by atoms with Crippen LogP contribution in [-0.4, -0.2) is 6.09 Å². The van der Waals surface area contributed by atoms with Gasteiger partial charge in [-0.05, 0) is 54.6 Å². The van der Waals surface area contributed by atoms with Crippen LogP contribution in [0.25, 0.3) is 0 Å². The minimum atomic E-state index is -0.511. The fraction of sp³-hybridized carbons (Fsp3) is 0. The van der Waals surface area contributed by atoms with Crippen molar-refractivity contribution < 1.29 is 9.53 Å². The van der Waals surface area contributed by atoms with Crippen molar-refractivity contribution >= 4 is 35.3 Å². The monoisotopic (exact) mass is 429 g/mol. The molecule has 0 bridgehead atoms. The standard InChI is InChI=1S/C25H19NO2S2/c27-25(26-19-10-3-1-4-11-19)28-23-16-7-8-17-24(23)30-22-15-9-14-21(18-22)29-20-12-5-2-6-13-20/h1-18H,(H,26,27). The lowest BCUT2D eigenvalue weighted by Gasteiger charge is -2.11. The van der Waals surface area contributed by atoms with Gasteiger partial charge >= 0.3 is 6.09 Å². The Labute approximate surface area is 184 Å². The van der Waals surface area contributed by atoms with Crippen LogP contribution >= 0.6 is 23.5 Å². The molecular weight excluding hydrogens is 410 g/mol. The normalized spacial score (nSPS) is 10.4. The summed E-state index contributed by atoms with van der Waals surface area (Å²) in [5.74, 6) is 0.525. The molecule has 0 saturated heterocycles. The van der Waals surface area contributed by atoms with Gasteiger partial charge in [-0.25, -0.2) is 4.79 Å². The van der Waals surface area contributed by atoms with Gasteiger partial charge in [-0.1, -0.05) is 78.1 Å². The van der Waals surface area contributed by atoms with Crippen molar-refractivity contribution in [3.05, 3.63) is 109 Å². The van der Waals surface area contributed by atoms with E-state index in [0.29, 0.717) is 11.4 Å². The molecule has 3 nitrogen and oxygen atoms in total. The van der Waals surface area contributed by atoms with Crippen molar-refractivity contribution in [3.8, 4) is 5.75 Å². The van der Waals surface area contributed by atoms with E-state index in [4.69, 9.17) is 4.74 Å². The average Bonchev–Trinajstić information content (AvgIpc) is 2.77. The largest absolute Gasteiger partial charge is 0.417 e. The molecule has 148 valence electrons. The van der Waals surface area contributed by atoms with Crippen LogP contribution in [0.1, 0.15) is 0 Å². The maximum Gasteiger partial charge on any atom is 0.417 e. The SMILES string of the molecule is O=C(Nc1ccccc1)Oc1ccccc1Sc1cccc(Sc2ccccc2)c1. The third kappa shape index (κ3) is 5.69. The fourth-order valence-corrected chi connectivity index (χ4v) is 4.65. The number of hydrogen-bond donors (Lipinski definition) is 1. The highest BCUT2D eigenvalue weighted by atomic mass is 32.2. The number of carbonyl (C=O) groups is 1. The van der Waals surface area contributed by atoms with Crippen LogP contribution in [0.2, 0.25) is 0 Å². The van der Waals surface area contributed by atoms with Crippen molar-refractivity contribution in [1.82, 2.24) is 0 Å². The summed E-state index contributed by atoms with van der Waals surface area (Å²) in [5.41, 5.74) is 0.693. The van der Waals surface area contributed by atoms with Gasteiger partial charge in [0.05, 0.1) is 4.90 Å². The molecule has 0 aliphatic carbocycles. The van der Waals surface area contributed by atoms with Gasteiger partial charge in [-0.3, -0.25) is 5.32 Å². The summed E-state index contributed by atoms with van der Waals surface area (Å²) in [7, 11) is 0. The zero-order chi connectivity index (χ0) is 20.6. The predicted octanol–water partition coefficient (Wildman–Crippen LogP) is 7.60. The topological polar surface area (TPSA) is 38.3 Å². The van der Waals surface area contributed by atoms with E-state index in [2.05, 4.69) is 35.6 Å². The number of rotatable bonds is 6. The number of ether oxygens (including phenoxy) is 1. The number of nitrogens with one attached hydrogen (secondary N) is 1. The molecule has 4 rings (SSSR count). The van der Waals surface area contributed by atoms with Gasteiger partial charge < -0.3 is 4.74 Å². The van der Waals surface area contributed by atoms with Crippen molar-refractivity contribution in [3.63, 3.8) is 0 Å². The molecule has 0 aliphatic heterocycles. The van der Waals surface area contributed by atoms with E-state index in [1.54, 1.807) is 29.6 Å². The number of amides is 1. The summed E-state index contributed by atoms with van der Waals surface area (Å²) in [6.45, 7) is 0. The second kappa shape index (κ2) is 10.1. The van der Waals surface area contributed by atoms with Crippen LogP contribution in [0, 0.1) is 0 Å². The van der Waals surface area contributed by atoms with Gasteiger partial charge in [0, 0.05) is 20.4 Å². The third-order valence-electron chi connectivity index (χ3n) is 4.08. The summed E-state index contributed by atoms with van der Waals surface area (Å²) in [6.07, 6.45) is -0.511. The quantitative estimate of drug-likeness (QED) is 0.342. The number of hydrogen-bond acceptors (Lipinski definition) is 4. The Morgan fingerprint density at radius 3 is 2.00 bits per heavy atom. The van der Waals surface area contributed by atoms with Gasteiger partial charge in [0.2, 0.25) is 0 Å². The Bertz CT molecular complexity index is 1120. The van der Waals surface area contributed by atoms with Gasteiger partial charge in [0.15, 0.2) is 0 Å². The highest BCUT2D eigenvalue weighted by Gasteiger charge is 2.11. The van der Waals surface area contributed by atoms with Gasteiger partial charge in [0.25, 0.3) is 0 Å². The Balaban J connectivity index is 1.46. The molecule has 0 fully saturated rings. The first-order valence-electron chi connectivity index (χ1n) is 9.40. The minimum absolute atomic E-state index is 0.511. The molecule has 0 aromatic heterocycles. The lowest BCUT2D eigenvalue weighted by molar-refractivity contribution is 0.214. The van der Waals surface area contributed by atoms with E-state index in [9.17, 15) is 4.79 Å². The summed E-state index contributed by atoms with van der Waals surface area (Å²) < 4.78 is 5.57. The zero-order valence-electron chi connectivity index (χ0n) is 16.0. The first-order valence-corrected chi connectivity index (χ1v) is 11.0. The van der Waals surface area contributed by atoms with E-state index < -0.39 is 6.09 Å². The Morgan fingerprint density at radius 1 is 0.633 bits per heavy atom. The maximum absolute atomic E-state index is 12.3. The van der Waals surface area contributed by atoms with E-state index in [-0.39, 0.29) is 0 Å².